The third-order valence-electron chi connectivity index (χ3n) is 4.51. The van der Waals surface area contributed by atoms with Crippen molar-refractivity contribution in [3.8, 4) is 5.69 Å². The number of carboxylic acids is 1. The lowest BCUT2D eigenvalue weighted by Crippen LogP contribution is -2.41. The van der Waals surface area contributed by atoms with Crippen LogP contribution < -0.4 is 10.7 Å². The lowest BCUT2D eigenvalue weighted by molar-refractivity contribution is -0.142. The first-order chi connectivity index (χ1) is 12.4. The molecule has 1 aromatic heterocycles. The van der Waals surface area contributed by atoms with Gasteiger partial charge < -0.3 is 10.4 Å². The van der Waals surface area contributed by atoms with Gasteiger partial charge >= 0.3 is 5.97 Å². The number of carbonyl (C=O) groups is 2. The predicted molar refractivity (Wildman–Crippen MR) is 90.6 cm³/mol. The number of carboxylic acid groups (broad SMARTS) is 1. The molecule has 2 N–H and O–H groups in total. The molecule has 0 unspecified atom stereocenters. The van der Waals surface area contributed by atoms with E-state index in [0.717, 1.165) is 0 Å². The SMILES string of the molecule is O=C(NC1CCC(C(=O)O)CC1)c1nn(-c2cccc(F)c2)ccc1=O. The van der Waals surface area contributed by atoms with E-state index in [1.165, 1.54) is 35.1 Å². The number of aromatic nitrogens is 2. The maximum atomic E-state index is 13.4. The zero-order valence-corrected chi connectivity index (χ0v) is 13.9. The molecule has 0 bridgehead atoms. The maximum absolute atomic E-state index is 13.4. The van der Waals surface area contributed by atoms with E-state index in [1.54, 1.807) is 6.07 Å². The number of rotatable bonds is 4. The lowest BCUT2D eigenvalue weighted by atomic mass is 9.86. The van der Waals surface area contributed by atoms with Gasteiger partial charge in [0, 0.05) is 18.3 Å². The van der Waals surface area contributed by atoms with E-state index in [0.29, 0.717) is 31.4 Å². The van der Waals surface area contributed by atoms with Crippen LogP contribution in [0.1, 0.15) is 36.2 Å². The highest BCUT2D eigenvalue weighted by Gasteiger charge is 2.27. The third kappa shape index (κ3) is 3.96. The van der Waals surface area contributed by atoms with E-state index in [2.05, 4.69) is 10.4 Å². The topological polar surface area (TPSA) is 101 Å². The summed E-state index contributed by atoms with van der Waals surface area (Å²) in [4.78, 5) is 35.4. The average Bonchev–Trinajstić information content (AvgIpc) is 2.62. The molecular formula is C18H18FN3O4. The number of nitrogens with one attached hydrogen (secondary N) is 1. The Hall–Kier alpha value is -3.03. The van der Waals surface area contributed by atoms with Crippen LogP contribution in [0.2, 0.25) is 0 Å². The highest BCUT2D eigenvalue weighted by molar-refractivity contribution is 5.92. The van der Waals surface area contributed by atoms with Gasteiger partial charge in [-0.05, 0) is 43.9 Å². The number of halogens is 1. The smallest absolute Gasteiger partial charge is 0.306 e. The molecule has 7 nitrogen and oxygen atoms in total. The Bertz CT molecular complexity index is 888. The molecule has 8 heteroatoms. The van der Waals surface area contributed by atoms with Crippen LogP contribution in [-0.4, -0.2) is 32.8 Å². The zero-order valence-electron chi connectivity index (χ0n) is 13.9. The van der Waals surface area contributed by atoms with Crippen molar-refractivity contribution in [2.45, 2.75) is 31.7 Å². The van der Waals surface area contributed by atoms with E-state index in [1.807, 2.05) is 0 Å². The standard InChI is InChI=1S/C18H18FN3O4/c19-12-2-1-3-14(10-12)22-9-8-15(23)16(21-22)17(24)20-13-6-4-11(5-7-13)18(25)26/h1-3,8-11,13H,4-7H2,(H,20,24)(H,25,26). The fraction of sp³-hybridized carbons (Fsp3) is 0.333. The van der Waals surface area contributed by atoms with E-state index >= 15 is 0 Å². The average molecular weight is 359 g/mol. The van der Waals surface area contributed by atoms with Crippen LogP contribution in [0.5, 0.6) is 0 Å². The van der Waals surface area contributed by atoms with E-state index < -0.39 is 23.1 Å². The lowest BCUT2D eigenvalue weighted by Gasteiger charge is -2.26. The summed E-state index contributed by atoms with van der Waals surface area (Å²) in [6, 6.07) is 6.65. The Morgan fingerprint density at radius 2 is 1.92 bits per heavy atom. The molecule has 1 aliphatic rings. The molecule has 2 aromatic rings. The molecule has 1 heterocycles. The summed E-state index contributed by atoms with van der Waals surface area (Å²) < 4.78 is 14.6. The maximum Gasteiger partial charge on any atom is 0.306 e. The quantitative estimate of drug-likeness (QED) is 0.866. The number of nitrogens with zero attached hydrogens (tertiary/aromatic N) is 2. The largest absolute Gasteiger partial charge is 0.481 e. The molecule has 0 aliphatic heterocycles. The first kappa shape index (κ1) is 17.8. The van der Waals surface area contributed by atoms with Crippen LogP contribution in [0.25, 0.3) is 5.69 Å². The first-order valence-corrected chi connectivity index (χ1v) is 8.33. The van der Waals surface area contributed by atoms with Gasteiger partial charge in [-0.15, -0.1) is 0 Å². The molecule has 136 valence electrons. The Morgan fingerprint density at radius 3 is 2.58 bits per heavy atom. The number of hydrogen-bond donors (Lipinski definition) is 2. The first-order valence-electron chi connectivity index (χ1n) is 8.33. The highest BCUT2D eigenvalue weighted by atomic mass is 19.1. The molecular weight excluding hydrogens is 341 g/mol. The summed E-state index contributed by atoms with van der Waals surface area (Å²) in [6.45, 7) is 0. The minimum atomic E-state index is -0.822. The monoisotopic (exact) mass is 359 g/mol. The molecule has 1 saturated carbocycles. The molecule has 1 aromatic carbocycles. The number of amides is 1. The summed E-state index contributed by atoms with van der Waals surface area (Å²) >= 11 is 0. The second kappa shape index (κ2) is 7.47. The molecule has 0 radical (unpaired) electrons. The van der Waals surface area contributed by atoms with Crippen molar-refractivity contribution in [3.63, 3.8) is 0 Å². The molecule has 0 atom stereocenters. The fourth-order valence-corrected chi connectivity index (χ4v) is 3.07. The minimum absolute atomic E-state index is 0.192. The van der Waals surface area contributed by atoms with Crippen molar-refractivity contribution >= 4 is 11.9 Å². The second-order valence-electron chi connectivity index (χ2n) is 6.31. The van der Waals surface area contributed by atoms with Crippen LogP contribution in [0.4, 0.5) is 4.39 Å². The van der Waals surface area contributed by atoms with Gasteiger partial charge in [0.15, 0.2) is 5.69 Å². The normalized spacial score (nSPS) is 19.7. The summed E-state index contributed by atoms with van der Waals surface area (Å²) in [7, 11) is 0. The summed E-state index contributed by atoms with van der Waals surface area (Å²) in [5, 5.41) is 15.8. The molecule has 0 saturated heterocycles. The number of carbonyl (C=O) groups excluding carboxylic acids is 1. The van der Waals surface area contributed by atoms with Crippen molar-refractivity contribution in [1.82, 2.24) is 15.1 Å². The van der Waals surface area contributed by atoms with Gasteiger partial charge in [0.2, 0.25) is 5.43 Å². The predicted octanol–water partition coefficient (Wildman–Crippen LogP) is 1.74. The van der Waals surface area contributed by atoms with Gasteiger partial charge in [-0.2, -0.15) is 5.10 Å². The van der Waals surface area contributed by atoms with Crippen LogP contribution in [0.3, 0.4) is 0 Å². The molecule has 1 amide bonds. The Labute approximate surface area is 148 Å². The summed E-state index contributed by atoms with van der Waals surface area (Å²) in [5.41, 5.74) is -0.424. The van der Waals surface area contributed by atoms with E-state index in [-0.39, 0.29) is 17.7 Å². The minimum Gasteiger partial charge on any atom is -0.481 e. The molecule has 0 spiro atoms. The number of aliphatic carboxylic acids is 1. The Morgan fingerprint density at radius 1 is 1.19 bits per heavy atom. The molecule has 1 aliphatic carbocycles. The van der Waals surface area contributed by atoms with Gasteiger partial charge in [-0.3, -0.25) is 14.4 Å². The zero-order chi connectivity index (χ0) is 18.7. The van der Waals surface area contributed by atoms with Crippen LogP contribution in [0.15, 0.2) is 41.3 Å². The van der Waals surface area contributed by atoms with Crippen molar-refractivity contribution in [2.24, 2.45) is 5.92 Å². The van der Waals surface area contributed by atoms with E-state index in [4.69, 9.17) is 5.11 Å². The van der Waals surface area contributed by atoms with Gasteiger partial charge in [0.1, 0.15) is 5.82 Å². The van der Waals surface area contributed by atoms with Gasteiger partial charge in [-0.1, -0.05) is 6.07 Å². The molecule has 1 fully saturated rings. The fourth-order valence-electron chi connectivity index (χ4n) is 3.07. The van der Waals surface area contributed by atoms with Crippen molar-refractivity contribution in [2.75, 3.05) is 0 Å². The number of benzene rings is 1. The van der Waals surface area contributed by atoms with E-state index in [9.17, 15) is 18.8 Å². The van der Waals surface area contributed by atoms with Crippen LogP contribution in [-0.2, 0) is 4.79 Å². The van der Waals surface area contributed by atoms with Crippen molar-refractivity contribution < 1.29 is 19.1 Å². The van der Waals surface area contributed by atoms with Crippen LogP contribution >= 0.6 is 0 Å². The van der Waals surface area contributed by atoms with Crippen molar-refractivity contribution in [3.05, 3.63) is 58.3 Å². The third-order valence-corrected chi connectivity index (χ3v) is 4.51. The second-order valence-corrected chi connectivity index (χ2v) is 6.31. The Kier molecular flexibility index (Phi) is 5.11. The molecule has 26 heavy (non-hydrogen) atoms. The molecule has 3 rings (SSSR count). The van der Waals surface area contributed by atoms with Gasteiger partial charge in [0.05, 0.1) is 11.6 Å². The van der Waals surface area contributed by atoms with Gasteiger partial charge in [-0.25, -0.2) is 9.07 Å². The summed E-state index contributed by atoms with van der Waals surface area (Å²) in [6.07, 6.45) is 3.40. The van der Waals surface area contributed by atoms with Crippen molar-refractivity contribution in [1.29, 1.82) is 0 Å². The highest BCUT2D eigenvalue weighted by Crippen LogP contribution is 2.24. The summed E-state index contributed by atoms with van der Waals surface area (Å²) in [5.74, 6) is -2.27. The Balaban J connectivity index is 1.74. The number of hydrogen-bond acceptors (Lipinski definition) is 4. The van der Waals surface area contributed by atoms with Gasteiger partial charge in [0.25, 0.3) is 5.91 Å². The van der Waals surface area contributed by atoms with Crippen LogP contribution in [0, 0.1) is 11.7 Å².